The molecule has 1 amide bonds. The van der Waals surface area contributed by atoms with E-state index in [0.717, 1.165) is 16.9 Å². The number of nitrogens with one attached hydrogen (secondary N) is 2. The van der Waals surface area contributed by atoms with Gasteiger partial charge in [0, 0.05) is 12.2 Å². The molecule has 0 radical (unpaired) electrons. The highest BCUT2D eigenvalue weighted by Gasteiger charge is 2.07. The summed E-state index contributed by atoms with van der Waals surface area (Å²) in [6.45, 7) is 0.463. The first-order chi connectivity index (χ1) is 12.1. The predicted molar refractivity (Wildman–Crippen MR) is 102 cm³/mol. The van der Waals surface area contributed by atoms with E-state index < -0.39 is 0 Å². The zero-order chi connectivity index (χ0) is 17.6. The molecule has 6 heteroatoms. The van der Waals surface area contributed by atoms with E-state index in [1.165, 1.54) is 0 Å². The average molecular weight is 372 g/mol. The number of halogens is 2. The number of carbonyl (C=O) groups is 1. The van der Waals surface area contributed by atoms with Gasteiger partial charge in [0.1, 0.15) is 5.69 Å². The van der Waals surface area contributed by atoms with Crippen molar-refractivity contribution in [1.29, 1.82) is 0 Å². The summed E-state index contributed by atoms with van der Waals surface area (Å²) < 4.78 is 0. The third kappa shape index (κ3) is 4.72. The normalized spacial score (nSPS) is 10.3. The van der Waals surface area contributed by atoms with Crippen molar-refractivity contribution in [1.82, 2.24) is 10.3 Å². The summed E-state index contributed by atoms with van der Waals surface area (Å²) in [5.74, 6) is -0.218. The number of aromatic nitrogens is 1. The fourth-order valence-corrected chi connectivity index (χ4v) is 2.51. The third-order valence-electron chi connectivity index (χ3n) is 3.50. The number of hydrogen-bond acceptors (Lipinski definition) is 3. The summed E-state index contributed by atoms with van der Waals surface area (Å²) in [4.78, 5) is 16.3. The number of anilines is 2. The van der Waals surface area contributed by atoms with Gasteiger partial charge in [-0.2, -0.15) is 0 Å². The molecule has 1 aromatic heterocycles. The zero-order valence-electron chi connectivity index (χ0n) is 13.2. The summed E-state index contributed by atoms with van der Waals surface area (Å²) >= 11 is 11.9. The van der Waals surface area contributed by atoms with Crippen molar-refractivity contribution in [3.05, 3.63) is 88.2 Å². The largest absolute Gasteiger partial charge is 0.354 e. The Labute approximate surface area is 155 Å². The van der Waals surface area contributed by atoms with Crippen molar-refractivity contribution >= 4 is 40.5 Å². The van der Waals surface area contributed by atoms with Gasteiger partial charge in [-0.3, -0.25) is 4.79 Å². The van der Waals surface area contributed by atoms with Crippen molar-refractivity contribution in [3.63, 3.8) is 0 Å². The van der Waals surface area contributed by atoms with Crippen LogP contribution in [0.15, 0.2) is 66.9 Å². The summed E-state index contributed by atoms with van der Waals surface area (Å²) in [5.41, 5.74) is 2.93. The maximum atomic E-state index is 12.1. The average Bonchev–Trinajstić information content (AvgIpc) is 2.64. The molecule has 3 rings (SSSR count). The number of benzene rings is 2. The third-order valence-corrected chi connectivity index (χ3v) is 4.24. The van der Waals surface area contributed by atoms with Crippen LogP contribution < -0.4 is 10.6 Å². The van der Waals surface area contributed by atoms with Crippen molar-refractivity contribution in [2.24, 2.45) is 0 Å². The van der Waals surface area contributed by atoms with Gasteiger partial charge in [0.25, 0.3) is 5.91 Å². The van der Waals surface area contributed by atoms with Gasteiger partial charge in [0.2, 0.25) is 0 Å². The van der Waals surface area contributed by atoms with Crippen LogP contribution in [0.4, 0.5) is 11.4 Å². The van der Waals surface area contributed by atoms with Gasteiger partial charge in [0.15, 0.2) is 0 Å². The van der Waals surface area contributed by atoms with Crippen LogP contribution >= 0.6 is 23.2 Å². The highest BCUT2D eigenvalue weighted by atomic mass is 35.5. The molecule has 0 bridgehead atoms. The maximum Gasteiger partial charge on any atom is 0.270 e. The van der Waals surface area contributed by atoms with E-state index in [-0.39, 0.29) is 5.91 Å². The topological polar surface area (TPSA) is 54.0 Å². The summed E-state index contributed by atoms with van der Waals surface area (Å²) in [5, 5.41) is 6.97. The second-order valence-electron chi connectivity index (χ2n) is 5.35. The number of amides is 1. The molecule has 0 saturated heterocycles. The van der Waals surface area contributed by atoms with Crippen molar-refractivity contribution in [2.45, 2.75) is 6.54 Å². The monoisotopic (exact) mass is 371 g/mol. The number of carbonyl (C=O) groups excluding carboxylic acids is 1. The molecule has 0 aliphatic heterocycles. The quantitative estimate of drug-likeness (QED) is 0.658. The molecule has 0 spiro atoms. The molecule has 126 valence electrons. The lowest BCUT2D eigenvalue weighted by Crippen LogP contribution is -2.23. The minimum Gasteiger partial charge on any atom is -0.354 e. The van der Waals surface area contributed by atoms with Crippen LogP contribution in [0.5, 0.6) is 0 Å². The smallest absolute Gasteiger partial charge is 0.270 e. The van der Waals surface area contributed by atoms with Crippen LogP contribution in [0.2, 0.25) is 10.0 Å². The molecule has 2 N–H and O–H groups in total. The molecule has 0 fully saturated rings. The number of rotatable bonds is 5. The van der Waals surface area contributed by atoms with Crippen molar-refractivity contribution in [2.75, 3.05) is 5.32 Å². The summed E-state index contributed by atoms with van der Waals surface area (Å²) in [6.07, 6.45) is 1.60. The second kappa shape index (κ2) is 8.01. The molecule has 2 aromatic carbocycles. The molecule has 25 heavy (non-hydrogen) atoms. The highest BCUT2D eigenvalue weighted by molar-refractivity contribution is 6.42. The Morgan fingerprint density at radius 1 is 0.920 bits per heavy atom. The van der Waals surface area contributed by atoms with Crippen LogP contribution in [-0.4, -0.2) is 10.9 Å². The van der Waals surface area contributed by atoms with E-state index in [1.54, 1.807) is 30.5 Å². The van der Waals surface area contributed by atoms with Crippen LogP contribution in [0.25, 0.3) is 0 Å². The van der Waals surface area contributed by atoms with E-state index in [4.69, 9.17) is 23.2 Å². The van der Waals surface area contributed by atoms with E-state index >= 15 is 0 Å². The van der Waals surface area contributed by atoms with Gasteiger partial charge >= 0.3 is 0 Å². The first-order valence-corrected chi connectivity index (χ1v) is 8.38. The second-order valence-corrected chi connectivity index (χ2v) is 6.17. The highest BCUT2D eigenvalue weighted by Crippen LogP contribution is 2.26. The van der Waals surface area contributed by atoms with E-state index in [0.29, 0.717) is 22.3 Å². The van der Waals surface area contributed by atoms with Gasteiger partial charge in [-0.05, 0) is 35.9 Å². The first kappa shape index (κ1) is 17.3. The molecule has 4 nitrogen and oxygen atoms in total. The van der Waals surface area contributed by atoms with Gasteiger partial charge in [-0.1, -0.05) is 53.5 Å². The number of hydrogen-bond donors (Lipinski definition) is 2. The minimum absolute atomic E-state index is 0.218. The van der Waals surface area contributed by atoms with Crippen LogP contribution in [0, 0.1) is 0 Å². The predicted octanol–water partition coefficient (Wildman–Crippen LogP) is 5.06. The fourth-order valence-electron chi connectivity index (χ4n) is 2.21. The lowest BCUT2D eigenvalue weighted by molar-refractivity contribution is 0.0946. The molecular weight excluding hydrogens is 357 g/mol. The summed E-state index contributed by atoms with van der Waals surface area (Å²) in [6, 6.07) is 18.4. The number of pyridine rings is 1. The zero-order valence-corrected chi connectivity index (χ0v) is 14.7. The molecule has 0 atom stereocenters. The van der Waals surface area contributed by atoms with E-state index in [9.17, 15) is 4.79 Å². The Morgan fingerprint density at radius 2 is 1.68 bits per heavy atom. The van der Waals surface area contributed by atoms with Crippen molar-refractivity contribution < 1.29 is 4.79 Å². The van der Waals surface area contributed by atoms with Crippen molar-refractivity contribution in [3.8, 4) is 0 Å². The molecule has 0 aliphatic rings. The number of nitrogens with zero attached hydrogens (tertiary/aromatic N) is 1. The summed E-state index contributed by atoms with van der Waals surface area (Å²) in [7, 11) is 0. The molecule has 0 saturated carbocycles. The SMILES string of the molecule is O=C(NCc1ccccc1)c1ccc(Nc2ccc(Cl)c(Cl)c2)cn1. The van der Waals surface area contributed by atoms with E-state index in [2.05, 4.69) is 15.6 Å². The Kier molecular flexibility index (Phi) is 5.53. The molecule has 0 aliphatic carbocycles. The fraction of sp³-hybridized carbons (Fsp3) is 0.0526. The van der Waals surface area contributed by atoms with Crippen LogP contribution in [0.3, 0.4) is 0 Å². The van der Waals surface area contributed by atoms with E-state index in [1.807, 2.05) is 36.4 Å². The van der Waals surface area contributed by atoms with Gasteiger partial charge in [0.05, 0.1) is 21.9 Å². The Hall–Kier alpha value is -2.56. The van der Waals surface area contributed by atoms with Crippen LogP contribution in [0.1, 0.15) is 16.1 Å². The molecule has 3 aromatic rings. The molecular formula is C19H15Cl2N3O. The first-order valence-electron chi connectivity index (χ1n) is 7.62. The Balaban J connectivity index is 1.61. The van der Waals surface area contributed by atoms with Gasteiger partial charge in [-0.25, -0.2) is 4.98 Å². The Morgan fingerprint density at radius 3 is 2.36 bits per heavy atom. The minimum atomic E-state index is -0.218. The molecule has 0 unspecified atom stereocenters. The Bertz CT molecular complexity index is 868. The lowest BCUT2D eigenvalue weighted by Gasteiger charge is -2.08. The van der Waals surface area contributed by atoms with Gasteiger partial charge < -0.3 is 10.6 Å². The standard InChI is InChI=1S/C19H15Cl2N3O/c20-16-8-6-14(10-17(16)21)24-15-7-9-18(22-12-15)19(25)23-11-13-4-2-1-3-5-13/h1-10,12,24H,11H2,(H,23,25). The molecule has 1 heterocycles. The lowest BCUT2D eigenvalue weighted by atomic mass is 10.2. The van der Waals surface area contributed by atoms with Gasteiger partial charge in [-0.15, -0.1) is 0 Å². The van der Waals surface area contributed by atoms with Crippen LogP contribution in [-0.2, 0) is 6.54 Å². The maximum absolute atomic E-state index is 12.1.